The molecule has 0 radical (unpaired) electrons. The zero-order chi connectivity index (χ0) is 15.6. The minimum atomic E-state index is -3.93. The molecule has 8 heteroatoms. The van der Waals surface area contributed by atoms with E-state index in [0.29, 0.717) is 5.56 Å². The summed E-state index contributed by atoms with van der Waals surface area (Å²) in [6.45, 7) is -0.312. The Morgan fingerprint density at radius 1 is 1.33 bits per heavy atom. The van der Waals surface area contributed by atoms with Crippen molar-refractivity contribution in [1.82, 2.24) is 4.57 Å². The van der Waals surface area contributed by atoms with Crippen LogP contribution in [0.2, 0.25) is 0 Å². The number of carboxylic acid groups (broad SMARTS) is 1. The monoisotopic (exact) mass is 310 g/mol. The number of aliphatic hydroxyl groups is 1. The fourth-order valence-electron chi connectivity index (χ4n) is 1.86. The SMILES string of the molecule is Cn1cc(S(=O)(=O)Nc2ccccc2CO)cc1C(=O)O. The maximum absolute atomic E-state index is 12.3. The lowest BCUT2D eigenvalue weighted by atomic mass is 10.2. The molecule has 0 fully saturated rings. The van der Waals surface area contributed by atoms with Gasteiger partial charge in [0.2, 0.25) is 0 Å². The molecule has 0 aliphatic carbocycles. The Balaban J connectivity index is 2.39. The molecule has 3 N–H and O–H groups in total. The molecule has 2 rings (SSSR count). The van der Waals surface area contributed by atoms with Crippen LogP contribution in [0.25, 0.3) is 0 Å². The normalized spacial score (nSPS) is 11.3. The van der Waals surface area contributed by atoms with E-state index in [9.17, 15) is 18.3 Å². The number of hydrogen-bond donors (Lipinski definition) is 3. The Morgan fingerprint density at radius 3 is 2.57 bits per heavy atom. The molecule has 0 unspecified atom stereocenters. The van der Waals surface area contributed by atoms with Gasteiger partial charge in [-0.1, -0.05) is 18.2 Å². The van der Waals surface area contributed by atoms with Crippen molar-refractivity contribution in [2.75, 3.05) is 4.72 Å². The molecule has 2 aromatic rings. The third kappa shape index (κ3) is 3.06. The van der Waals surface area contributed by atoms with E-state index in [1.807, 2.05) is 0 Å². The molecule has 0 spiro atoms. The lowest BCUT2D eigenvalue weighted by Gasteiger charge is -2.10. The summed E-state index contributed by atoms with van der Waals surface area (Å²) in [4.78, 5) is 10.8. The zero-order valence-corrected chi connectivity index (χ0v) is 12.0. The minimum Gasteiger partial charge on any atom is -0.477 e. The number of nitrogens with one attached hydrogen (secondary N) is 1. The summed E-state index contributed by atoms with van der Waals surface area (Å²) in [7, 11) is -2.48. The number of rotatable bonds is 5. The quantitative estimate of drug-likeness (QED) is 0.764. The number of carbonyl (C=O) groups is 1. The predicted octanol–water partition coefficient (Wildman–Crippen LogP) is 1.02. The number of hydrogen-bond acceptors (Lipinski definition) is 4. The summed E-state index contributed by atoms with van der Waals surface area (Å²) in [5.74, 6) is -1.21. The second-order valence-electron chi connectivity index (χ2n) is 4.40. The summed E-state index contributed by atoms with van der Waals surface area (Å²) in [5.41, 5.74) is 0.544. The topological polar surface area (TPSA) is 109 Å². The molecule has 21 heavy (non-hydrogen) atoms. The van der Waals surface area contributed by atoms with E-state index in [4.69, 9.17) is 5.11 Å². The molecule has 0 aliphatic rings. The Labute approximate surface area is 121 Å². The third-order valence-corrected chi connectivity index (χ3v) is 4.27. The van der Waals surface area contributed by atoms with Crippen LogP contribution in [0.15, 0.2) is 41.4 Å². The van der Waals surface area contributed by atoms with Gasteiger partial charge in [-0.3, -0.25) is 4.72 Å². The first-order chi connectivity index (χ1) is 9.85. The van der Waals surface area contributed by atoms with Crippen LogP contribution in [0.4, 0.5) is 5.69 Å². The van der Waals surface area contributed by atoms with Crippen molar-refractivity contribution in [2.45, 2.75) is 11.5 Å². The first-order valence-corrected chi connectivity index (χ1v) is 7.44. The molecule has 7 nitrogen and oxygen atoms in total. The predicted molar refractivity (Wildman–Crippen MR) is 75.5 cm³/mol. The van der Waals surface area contributed by atoms with Gasteiger partial charge in [-0.25, -0.2) is 13.2 Å². The second kappa shape index (κ2) is 5.58. The number of anilines is 1. The molecule has 1 heterocycles. The van der Waals surface area contributed by atoms with Gasteiger partial charge in [0.15, 0.2) is 0 Å². The molecule has 0 atom stereocenters. The zero-order valence-electron chi connectivity index (χ0n) is 11.1. The number of aliphatic hydroxyl groups excluding tert-OH is 1. The summed E-state index contributed by atoms with van der Waals surface area (Å²) in [5, 5.41) is 18.1. The standard InChI is InChI=1S/C13H14N2O5S/c1-15-7-10(6-12(15)13(17)18)21(19,20)14-11-5-3-2-4-9(11)8-16/h2-7,14,16H,8H2,1H3,(H,17,18). The molecule has 0 saturated carbocycles. The van der Waals surface area contributed by atoms with E-state index in [-0.39, 0.29) is 22.9 Å². The lowest BCUT2D eigenvalue weighted by molar-refractivity contribution is 0.0686. The largest absolute Gasteiger partial charge is 0.477 e. The number of aromatic nitrogens is 1. The van der Waals surface area contributed by atoms with Crippen LogP contribution in [-0.4, -0.2) is 29.2 Å². The number of aryl methyl sites for hydroxylation is 1. The van der Waals surface area contributed by atoms with Gasteiger partial charge in [-0.05, 0) is 12.1 Å². The van der Waals surface area contributed by atoms with Crippen molar-refractivity contribution < 1.29 is 23.4 Å². The van der Waals surface area contributed by atoms with Crippen molar-refractivity contribution in [3.63, 3.8) is 0 Å². The van der Waals surface area contributed by atoms with E-state index in [2.05, 4.69) is 4.72 Å². The molecular weight excluding hydrogens is 296 g/mol. The van der Waals surface area contributed by atoms with Gasteiger partial charge in [0.1, 0.15) is 10.6 Å². The van der Waals surface area contributed by atoms with Crippen LogP contribution < -0.4 is 4.72 Å². The highest BCUT2D eigenvalue weighted by Crippen LogP contribution is 2.21. The van der Waals surface area contributed by atoms with Gasteiger partial charge < -0.3 is 14.8 Å². The highest BCUT2D eigenvalue weighted by molar-refractivity contribution is 7.92. The van der Waals surface area contributed by atoms with Gasteiger partial charge in [0, 0.05) is 18.8 Å². The molecule has 0 aliphatic heterocycles. The Hall–Kier alpha value is -2.32. The molecule has 0 saturated heterocycles. The third-order valence-electron chi connectivity index (χ3n) is 2.94. The smallest absolute Gasteiger partial charge is 0.352 e. The number of nitrogens with zero attached hydrogens (tertiary/aromatic N) is 1. The van der Waals surface area contributed by atoms with Crippen LogP contribution >= 0.6 is 0 Å². The first-order valence-electron chi connectivity index (χ1n) is 5.96. The number of carboxylic acids is 1. The van der Waals surface area contributed by atoms with E-state index < -0.39 is 16.0 Å². The van der Waals surface area contributed by atoms with Crippen LogP contribution in [-0.2, 0) is 23.7 Å². The van der Waals surface area contributed by atoms with Crippen molar-refractivity contribution in [3.05, 3.63) is 47.8 Å². The van der Waals surface area contributed by atoms with Crippen molar-refractivity contribution >= 4 is 21.7 Å². The van der Waals surface area contributed by atoms with Crippen molar-refractivity contribution in [1.29, 1.82) is 0 Å². The van der Waals surface area contributed by atoms with Crippen molar-refractivity contribution in [2.24, 2.45) is 7.05 Å². The maximum atomic E-state index is 12.3. The fraction of sp³-hybridized carbons (Fsp3) is 0.154. The van der Waals surface area contributed by atoms with Gasteiger partial charge >= 0.3 is 5.97 Å². The summed E-state index contributed by atoms with van der Waals surface area (Å²) >= 11 is 0. The molecule has 0 bridgehead atoms. The van der Waals surface area contributed by atoms with Gasteiger partial charge in [-0.15, -0.1) is 0 Å². The van der Waals surface area contributed by atoms with Crippen molar-refractivity contribution in [3.8, 4) is 0 Å². The molecule has 0 amide bonds. The van der Waals surface area contributed by atoms with Gasteiger partial charge in [0.25, 0.3) is 10.0 Å². The number of aromatic carboxylic acids is 1. The Bertz CT molecular complexity index is 780. The molecule has 112 valence electrons. The Kier molecular flexibility index (Phi) is 4.01. The second-order valence-corrected chi connectivity index (χ2v) is 6.08. The average molecular weight is 310 g/mol. The molecular formula is C13H14N2O5S. The van der Waals surface area contributed by atoms with Crippen LogP contribution in [0.1, 0.15) is 16.1 Å². The summed E-state index contributed by atoms with van der Waals surface area (Å²) < 4.78 is 28.1. The van der Waals surface area contributed by atoms with E-state index in [1.165, 1.54) is 23.9 Å². The Morgan fingerprint density at radius 2 is 2.00 bits per heavy atom. The van der Waals surface area contributed by atoms with Gasteiger partial charge in [0.05, 0.1) is 12.3 Å². The van der Waals surface area contributed by atoms with E-state index >= 15 is 0 Å². The first kappa shape index (κ1) is 15.1. The lowest BCUT2D eigenvalue weighted by Crippen LogP contribution is -2.13. The minimum absolute atomic E-state index is 0.134. The van der Waals surface area contributed by atoms with Gasteiger partial charge in [-0.2, -0.15) is 0 Å². The molecule has 1 aromatic heterocycles. The van der Waals surface area contributed by atoms with E-state index in [1.54, 1.807) is 18.2 Å². The highest BCUT2D eigenvalue weighted by atomic mass is 32.2. The summed E-state index contributed by atoms with van der Waals surface area (Å²) in [6, 6.07) is 7.49. The fourth-order valence-corrected chi connectivity index (χ4v) is 3.03. The van der Waals surface area contributed by atoms with Crippen LogP contribution in [0, 0.1) is 0 Å². The highest BCUT2D eigenvalue weighted by Gasteiger charge is 2.21. The number of para-hydroxylation sites is 1. The number of benzene rings is 1. The van der Waals surface area contributed by atoms with E-state index in [0.717, 1.165) is 6.07 Å². The van der Waals surface area contributed by atoms with Crippen LogP contribution in [0.5, 0.6) is 0 Å². The molecule has 1 aromatic carbocycles. The average Bonchev–Trinajstić information content (AvgIpc) is 2.82. The number of sulfonamides is 1. The maximum Gasteiger partial charge on any atom is 0.352 e. The van der Waals surface area contributed by atoms with Crippen LogP contribution in [0.3, 0.4) is 0 Å². The summed E-state index contributed by atoms with van der Waals surface area (Å²) in [6.07, 6.45) is 1.22.